The van der Waals surface area contributed by atoms with E-state index >= 15 is 0 Å². The average molecular weight is 321 g/mol. The van der Waals surface area contributed by atoms with Crippen LogP contribution in [0.2, 0.25) is 0 Å². The van der Waals surface area contributed by atoms with Gasteiger partial charge in [0.05, 0.1) is 12.2 Å². The largest absolute Gasteiger partial charge is 0.381 e. The molecule has 0 saturated carbocycles. The molecule has 24 heavy (non-hydrogen) atoms. The Kier molecular flexibility index (Phi) is 5.11. The van der Waals surface area contributed by atoms with Crippen LogP contribution in [0.15, 0.2) is 61.1 Å². The zero-order valence-electron chi connectivity index (χ0n) is 14.1. The maximum absolute atomic E-state index is 4.41. The number of aryl methyl sites for hydroxylation is 1. The zero-order valence-corrected chi connectivity index (χ0v) is 14.1. The fourth-order valence-corrected chi connectivity index (χ4v) is 2.50. The normalized spacial score (nSPS) is 11.9. The summed E-state index contributed by atoms with van der Waals surface area (Å²) < 4.78 is 1.93. The predicted molar refractivity (Wildman–Crippen MR) is 97.9 cm³/mol. The molecule has 0 aliphatic heterocycles. The Morgan fingerprint density at radius 3 is 2.75 bits per heavy atom. The summed E-state index contributed by atoms with van der Waals surface area (Å²) in [6, 6.07) is 14.5. The molecule has 124 valence electrons. The third-order valence-electron chi connectivity index (χ3n) is 3.94. The summed E-state index contributed by atoms with van der Waals surface area (Å²) in [5.41, 5.74) is 3.46. The molecular formula is C19H23N5. The van der Waals surface area contributed by atoms with E-state index in [0.29, 0.717) is 0 Å². The molecule has 3 aromatic rings. The first kappa shape index (κ1) is 16.1. The summed E-state index contributed by atoms with van der Waals surface area (Å²) in [4.78, 5) is 4.41. The van der Waals surface area contributed by atoms with Gasteiger partial charge in [-0.3, -0.25) is 4.68 Å². The highest BCUT2D eigenvalue weighted by molar-refractivity contribution is 5.52. The number of anilines is 2. The molecule has 0 spiro atoms. The van der Waals surface area contributed by atoms with Gasteiger partial charge in [0.2, 0.25) is 0 Å². The molecule has 2 N–H and O–H groups in total. The van der Waals surface area contributed by atoms with E-state index in [1.54, 1.807) is 0 Å². The second kappa shape index (κ2) is 7.64. The first-order valence-corrected chi connectivity index (χ1v) is 8.27. The zero-order chi connectivity index (χ0) is 16.8. The maximum Gasteiger partial charge on any atom is 0.128 e. The van der Waals surface area contributed by atoms with Crippen molar-refractivity contribution in [1.29, 1.82) is 0 Å². The lowest BCUT2D eigenvalue weighted by Gasteiger charge is -2.14. The Morgan fingerprint density at radius 2 is 2.00 bits per heavy atom. The van der Waals surface area contributed by atoms with Crippen molar-refractivity contribution >= 4 is 11.5 Å². The smallest absolute Gasteiger partial charge is 0.128 e. The van der Waals surface area contributed by atoms with Crippen molar-refractivity contribution in [3.05, 3.63) is 72.2 Å². The number of nitrogens with zero attached hydrogens (tertiary/aromatic N) is 3. The van der Waals surface area contributed by atoms with Crippen molar-refractivity contribution in [1.82, 2.24) is 14.8 Å². The molecule has 1 atom stereocenters. The SMILES string of the molecule is CCn1cc(C(C)Nc2cc(NCc3ccccc3)ccn2)cn1. The molecule has 0 amide bonds. The molecular weight excluding hydrogens is 298 g/mol. The van der Waals surface area contributed by atoms with Crippen molar-refractivity contribution in [2.24, 2.45) is 0 Å². The van der Waals surface area contributed by atoms with Crippen molar-refractivity contribution in [3.8, 4) is 0 Å². The van der Waals surface area contributed by atoms with E-state index in [9.17, 15) is 0 Å². The van der Waals surface area contributed by atoms with Gasteiger partial charge >= 0.3 is 0 Å². The lowest BCUT2D eigenvalue weighted by Crippen LogP contribution is -2.08. The fourth-order valence-electron chi connectivity index (χ4n) is 2.50. The van der Waals surface area contributed by atoms with Crippen molar-refractivity contribution in [2.75, 3.05) is 10.6 Å². The summed E-state index contributed by atoms with van der Waals surface area (Å²) in [6.45, 7) is 5.87. The maximum atomic E-state index is 4.41. The monoisotopic (exact) mass is 321 g/mol. The van der Waals surface area contributed by atoms with Crippen LogP contribution in [-0.2, 0) is 13.1 Å². The number of rotatable bonds is 7. The Balaban J connectivity index is 1.62. The second-order valence-electron chi connectivity index (χ2n) is 5.76. The average Bonchev–Trinajstić information content (AvgIpc) is 3.11. The molecule has 0 radical (unpaired) electrons. The molecule has 0 aliphatic carbocycles. The van der Waals surface area contributed by atoms with Crippen LogP contribution in [0, 0.1) is 0 Å². The molecule has 3 rings (SSSR count). The highest BCUT2D eigenvalue weighted by Crippen LogP contribution is 2.20. The Bertz CT molecular complexity index is 766. The molecule has 1 unspecified atom stereocenters. The summed E-state index contributed by atoms with van der Waals surface area (Å²) in [5.74, 6) is 0.852. The highest BCUT2D eigenvalue weighted by atomic mass is 15.3. The predicted octanol–water partition coefficient (Wildman–Crippen LogP) is 4.08. The van der Waals surface area contributed by atoms with Gasteiger partial charge in [0.15, 0.2) is 0 Å². The van der Waals surface area contributed by atoms with Gasteiger partial charge in [-0.05, 0) is 25.5 Å². The van der Waals surface area contributed by atoms with Crippen LogP contribution in [0.25, 0.3) is 0 Å². The van der Waals surface area contributed by atoms with E-state index in [0.717, 1.165) is 30.2 Å². The molecule has 5 heteroatoms. The topological polar surface area (TPSA) is 54.8 Å². The summed E-state index contributed by atoms with van der Waals surface area (Å²) in [6.07, 6.45) is 5.78. The fraction of sp³-hybridized carbons (Fsp3) is 0.263. The van der Waals surface area contributed by atoms with Crippen LogP contribution in [0.4, 0.5) is 11.5 Å². The van der Waals surface area contributed by atoms with Crippen LogP contribution in [0.1, 0.15) is 31.0 Å². The Labute approximate surface area is 142 Å². The van der Waals surface area contributed by atoms with Gasteiger partial charge in [0.25, 0.3) is 0 Å². The van der Waals surface area contributed by atoms with Crippen molar-refractivity contribution in [2.45, 2.75) is 33.0 Å². The number of aromatic nitrogens is 3. The third kappa shape index (κ3) is 4.13. The molecule has 0 saturated heterocycles. The van der Waals surface area contributed by atoms with Crippen molar-refractivity contribution in [3.63, 3.8) is 0 Å². The first-order valence-electron chi connectivity index (χ1n) is 8.27. The molecule has 0 fully saturated rings. The lowest BCUT2D eigenvalue weighted by atomic mass is 10.2. The number of hydrogen-bond donors (Lipinski definition) is 2. The van der Waals surface area contributed by atoms with Crippen LogP contribution >= 0.6 is 0 Å². The van der Waals surface area contributed by atoms with E-state index in [-0.39, 0.29) is 6.04 Å². The second-order valence-corrected chi connectivity index (χ2v) is 5.76. The minimum atomic E-state index is 0.155. The molecule has 1 aromatic carbocycles. The van der Waals surface area contributed by atoms with E-state index in [1.165, 1.54) is 5.56 Å². The van der Waals surface area contributed by atoms with E-state index in [4.69, 9.17) is 0 Å². The van der Waals surface area contributed by atoms with Gasteiger partial charge in [0.1, 0.15) is 5.82 Å². The number of nitrogens with one attached hydrogen (secondary N) is 2. The summed E-state index contributed by atoms with van der Waals surface area (Å²) in [5, 5.41) is 11.2. The Hall–Kier alpha value is -2.82. The minimum absolute atomic E-state index is 0.155. The molecule has 0 bridgehead atoms. The lowest BCUT2D eigenvalue weighted by molar-refractivity contribution is 0.658. The standard InChI is InChI=1S/C19H23N5/c1-3-24-14-17(13-22-24)15(2)23-19-11-18(9-10-20-19)21-12-16-7-5-4-6-8-16/h4-11,13-15H,3,12H2,1-2H3,(H2,20,21,23). The van der Waals surface area contributed by atoms with Gasteiger partial charge in [-0.25, -0.2) is 4.98 Å². The third-order valence-corrected chi connectivity index (χ3v) is 3.94. The van der Waals surface area contributed by atoms with Gasteiger partial charge in [-0.15, -0.1) is 0 Å². The minimum Gasteiger partial charge on any atom is -0.381 e. The summed E-state index contributed by atoms with van der Waals surface area (Å²) >= 11 is 0. The van der Waals surface area contributed by atoms with Gasteiger partial charge in [-0.2, -0.15) is 5.10 Å². The molecule has 0 aliphatic rings. The number of pyridine rings is 1. The molecule has 2 aromatic heterocycles. The van der Waals surface area contributed by atoms with Crippen LogP contribution in [-0.4, -0.2) is 14.8 Å². The van der Waals surface area contributed by atoms with Crippen molar-refractivity contribution < 1.29 is 0 Å². The quantitative estimate of drug-likeness (QED) is 0.688. The van der Waals surface area contributed by atoms with Gasteiger partial charge in [-0.1, -0.05) is 30.3 Å². The molecule has 5 nitrogen and oxygen atoms in total. The molecule has 2 heterocycles. The Morgan fingerprint density at radius 1 is 1.17 bits per heavy atom. The number of hydrogen-bond acceptors (Lipinski definition) is 4. The first-order chi connectivity index (χ1) is 11.7. The van der Waals surface area contributed by atoms with Crippen LogP contribution in [0.3, 0.4) is 0 Å². The van der Waals surface area contributed by atoms with Crippen LogP contribution in [0.5, 0.6) is 0 Å². The summed E-state index contributed by atoms with van der Waals surface area (Å²) in [7, 11) is 0. The van der Waals surface area contributed by atoms with Gasteiger partial charge in [0, 0.05) is 42.8 Å². The van der Waals surface area contributed by atoms with Crippen LogP contribution < -0.4 is 10.6 Å². The van der Waals surface area contributed by atoms with E-state index in [2.05, 4.69) is 65.0 Å². The van der Waals surface area contributed by atoms with E-state index < -0.39 is 0 Å². The van der Waals surface area contributed by atoms with E-state index in [1.807, 2.05) is 35.3 Å². The van der Waals surface area contributed by atoms with Gasteiger partial charge < -0.3 is 10.6 Å². The highest BCUT2D eigenvalue weighted by Gasteiger charge is 2.08. The number of benzene rings is 1.